The first-order valence-electron chi connectivity index (χ1n) is 6.78. The Morgan fingerprint density at radius 2 is 2.05 bits per heavy atom. The van der Waals surface area contributed by atoms with E-state index in [0.717, 1.165) is 0 Å². The van der Waals surface area contributed by atoms with Gasteiger partial charge in [-0.25, -0.2) is 0 Å². The SMILES string of the molecule is CC(C)C[C@](C)(NC(=O)c1ccc[nH]1)C(=O)NC(=O)CN. The first-order valence-corrected chi connectivity index (χ1v) is 6.78. The fourth-order valence-electron chi connectivity index (χ4n) is 2.12. The zero-order chi connectivity index (χ0) is 16.0. The molecule has 116 valence electrons. The number of carbonyl (C=O) groups excluding carboxylic acids is 3. The summed E-state index contributed by atoms with van der Waals surface area (Å²) in [5.74, 6) is -1.40. The summed E-state index contributed by atoms with van der Waals surface area (Å²) in [6, 6.07) is 3.29. The molecule has 1 heterocycles. The minimum atomic E-state index is -1.19. The number of H-pyrrole nitrogens is 1. The van der Waals surface area contributed by atoms with E-state index < -0.39 is 23.3 Å². The Morgan fingerprint density at radius 3 is 2.52 bits per heavy atom. The van der Waals surface area contributed by atoms with E-state index in [-0.39, 0.29) is 12.5 Å². The van der Waals surface area contributed by atoms with E-state index in [9.17, 15) is 14.4 Å². The number of nitrogens with one attached hydrogen (secondary N) is 3. The van der Waals surface area contributed by atoms with E-state index in [1.165, 1.54) is 0 Å². The molecule has 0 radical (unpaired) electrons. The van der Waals surface area contributed by atoms with E-state index in [1.807, 2.05) is 13.8 Å². The van der Waals surface area contributed by atoms with Gasteiger partial charge in [0, 0.05) is 6.20 Å². The topological polar surface area (TPSA) is 117 Å². The van der Waals surface area contributed by atoms with Gasteiger partial charge in [-0.15, -0.1) is 0 Å². The zero-order valence-corrected chi connectivity index (χ0v) is 12.5. The number of nitrogens with two attached hydrogens (primary N) is 1. The van der Waals surface area contributed by atoms with Crippen LogP contribution in [0.25, 0.3) is 0 Å². The van der Waals surface area contributed by atoms with Crippen molar-refractivity contribution >= 4 is 17.7 Å². The Hall–Kier alpha value is -2.15. The quantitative estimate of drug-likeness (QED) is 0.597. The summed E-state index contributed by atoms with van der Waals surface area (Å²) >= 11 is 0. The first kappa shape index (κ1) is 16.9. The van der Waals surface area contributed by atoms with Crippen LogP contribution in [0.2, 0.25) is 0 Å². The van der Waals surface area contributed by atoms with Crippen LogP contribution in [0, 0.1) is 5.92 Å². The molecule has 0 aliphatic carbocycles. The molecule has 7 heteroatoms. The van der Waals surface area contributed by atoms with Crippen molar-refractivity contribution in [2.24, 2.45) is 11.7 Å². The van der Waals surface area contributed by atoms with Crippen LogP contribution in [0.4, 0.5) is 0 Å². The fourth-order valence-corrected chi connectivity index (χ4v) is 2.12. The van der Waals surface area contributed by atoms with Gasteiger partial charge in [0.2, 0.25) is 5.91 Å². The standard InChI is InChI=1S/C14H22N4O3/c1-9(2)7-14(3,13(21)17-11(19)8-15)18-12(20)10-5-4-6-16-10/h4-6,9,16H,7-8,15H2,1-3H3,(H,18,20)(H,17,19,21)/t14-/m0/s1. The fraction of sp³-hybridized carbons (Fsp3) is 0.500. The van der Waals surface area contributed by atoms with E-state index in [4.69, 9.17) is 5.73 Å². The van der Waals surface area contributed by atoms with Crippen molar-refractivity contribution in [2.75, 3.05) is 6.54 Å². The molecule has 7 nitrogen and oxygen atoms in total. The van der Waals surface area contributed by atoms with Crippen molar-refractivity contribution in [1.82, 2.24) is 15.6 Å². The average Bonchev–Trinajstić information content (AvgIpc) is 2.91. The summed E-state index contributed by atoms with van der Waals surface area (Å²) in [5.41, 5.74) is 4.34. The molecule has 0 fully saturated rings. The predicted octanol–water partition coefficient (Wildman–Crippen LogP) is 0.151. The van der Waals surface area contributed by atoms with Crippen LogP contribution in [0.15, 0.2) is 18.3 Å². The van der Waals surface area contributed by atoms with Gasteiger partial charge in [0.25, 0.3) is 11.8 Å². The average molecular weight is 294 g/mol. The lowest BCUT2D eigenvalue weighted by atomic mass is 9.89. The largest absolute Gasteiger partial charge is 0.357 e. The normalized spacial score (nSPS) is 13.6. The third-order valence-electron chi connectivity index (χ3n) is 2.99. The molecule has 0 bridgehead atoms. The second-order valence-corrected chi connectivity index (χ2v) is 5.55. The lowest BCUT2D eigenvalue weighted by Gasteiger charge is -2.30. The van der Waals surface area contributed by atoms with Crippen LogP contribution < -0.4 is 16.4 Å². The molecule has 3 amide bonds. The van der Waals surface area contributed by atoms with Gasteiger partial charge in [0.1, 0.15) is 11.2 Å². The molecule has 0 saturated carbocycles. The summed E-state index contributed by atoms with van der Waals surface area (Å²) < 4.78 is 0. The van der Waals surface area contributed by atoms with Crippen LogP contribution in [-0.4, -0.2) is 34.8 Å². The molecule has 1 aromatic rings. The van der Waals surface area contributed by atoms with Crippen LogP contribution in [0.1, 0.15) is 37.7 Å². The molecule has 0 aliphatic rings. The minimum absolute atomic E-state index is 0.151. The molecule has 0 aromatic carbocycles. The zero-order valence-electron chi connectivity index (χ0n) is 12.5. The van der Waals surface area contributed by atoms with Gasteiger partial charge in [0.15, 0.2) is 0 Å². The highest BCUT2D eigenvalue weighted by Crippen LogP contribution is 2.17. The van der Waals surface area contributed by atoms with E-state index in [0.29, 0.717) is 12.1 Å². The predicted molar refractivity (Wildman–Crippen MR) is 78.3 cm³/mol. The Balaban J connectivity index is 2.89. The smallest absolute Gasteiger partial charge is 0.268 e. The Bertz CT molecular complexity index is 510. The third-order valence-corrected chi connectivity index (χ3v) is 2.99. The van der Waals surface area contributed by atoms with E-state index in [2.05, 4.69) is 15.6 Å². The monoisotopic (exact) mass is 294 g/mol. The number of aromatic amines is 1. The summed E-state index contributed by atoms with van der Waals surface area (Å²) in [5, 5.41) is 4.88. The van der Waals surface area contributed by atoms with Crippen molar-refractivity contribution in [3.63, 3.8) is 0 Å². The number of imide groups is 1. The van der Waals surface area contributed by atoms with Crippen LogP contribution in [0.3, 0.4) is 0 Å². The summed E-state index contributed by atoms with van der Waals surface area (Å²) in [6.45, 7) is 5.16. The minimum Gasteiger partial charge on any atom is -0.357 e. The second-order valence-electron chi connectivity index (χ2n) is 5.55. The number of amides is 3. The summed E-state index contributed by atoms with van der Waals surface area (Å²) in [4.78, 5) is 38.5. The Labute approximate surface area is 123 Å². The highest BCUT2D eigenvalue weighted by Gasteiger charge is 2.36. The maximum Gasteiger partial charge on any atom is 0.268 e. The Morgan fingerprint density at radius 1 is 1.38 bits per heavy atom. The van der Waals surface area contributed by atoms with E-state index in [1.54, 1.807) is 25.3 Å². The van der Waals surface area contributed by atoms with Crippen molar-refractivity contribution in [1.29, 1.82) is 0 Å². The lowest BCUT2D eigenvalue weighted by molar-refractivity contribution is -0.133. The maximum absolute atomic E-state index is 12.3. The molecule has 1 aromatic heterocycles. The van der Waals surface area contributed by atoms with Gasteiger partial charge in [-0.1, -0.05) is 13.8 Å². The number of carbonyl (C=O) groups is 3. The molecule has 0 spiro atoms. The van der Waals surface area contributed by atoms with Gasteiger partial charge in [-0.05, 0) is 31.4 Å². The highest BCUT2D eigenvalue weighted by atomic mass is 16.2. The molecule has 1 atom stereocenters. The number of hydrogen-bond donors (Lipinski definition) is 4. The molecule has 21 heavy (non-hydrogen) atoms. The number of rotatable bonds is 6. The molecular weight excluding hydrogens is 272 g/mol. The van der Waals surface area contributed by atoms with Gasteiger partial charge in [-0.3, -0.25) is 19.7 Å². The molecular formula is C14H22N4O3. The number of aromatic nitrogens is 1. The van der Waals surface area contributed by atoms with Crippen LogP contribution >= 0.6 is 0 Å². The van der Waals surface area contributed by atoms with Gasteiger partial charge < -0.3 is 16.0 Å². The highest BCUT2D eigenvalue weighted by molar-refractivity contribution is 6.03. The van der Waals surface area contributed by atoms with Crippen molar-refractivity contribution in [2.45, 2.75) is 32.7 Å². The molecule has 5 N–H and O–H groups in total. The van der Waals surface area contributed by atoms with Crippen LogP contribution in [-0.2, 0) is 9.59 Å². The number of hydrogen-bond acceptors (Lipinski definition) is 4. The summed E-state index contributed by atoms with van der Waals surface area (Å²) in [7, 11) is 0. The van der Waals surface area contributed by atoms with E-state index >= 15 is 0 Å². The van der Waals surface area contributed by atoms with Crippen LogP contribution in [0.5, 0.6) is 0 Å². The molecule has 0 saturated heterocycles. The van der Waals surface area contributed by atoms with Crippen molar-refractivity contribution in [3.8, 4) is 0 Å². The summed E-state index contributed by atoms with van der Waals surface area (Å²) in [6.07, 6.45) is 2.01. The molecule has 1 rings (SSSR count). The van der Waals surface area contributed by atoms with Gasteiger partial charge in [0.05, 0.1) is 6.54 Å². The Kier molecular flexibility index (Phi) is 5.66. The van der Waals surface area contributed by atoms with Gasteiger partial charge >= 0.3 is 0 Å². The third kappa shape index (κ3) is 4.71. The van der Waals surface area contributed by atoms with Crippen molar-refractivity contribution < 1.29 is 14.4 Å². The van der Waals surface area contributed by atoms with Crippen molar-refractivity contribution in [3.05, 3.63) is 24.0 Å². The molecule has 0 aliphatic heterocycles. The molecule has 0 unspecified atom stereocenters. The first-order chi connectivity index (χ1) is 9.78. The van der Waals surface area contributed by atoms with Gasteiger partial charge in [-0.2, -0.15) is 0 Å². The lowest BCUT2D eigenvalue weighted by Crippen LogP contribution is -2.59. The second kappa shape index (κ2) is 7.03. The maximum atomic E-state index is 12.3.